The van der Waals surface area contributed by atoms with E-state index in [0.29, 0.717) is 25.6 Å². The van der Waals surface area contributed by atoms with E-state index < -0.39 is 0 Å². The minimum atomic E-state index is 0.140. The number of aliphatic hydroxyl groups is 1. The molecule has 0 radical (unpaired) electrons. The molecule has 70 valence electrons. The lowest BCUT2D eigenvalue weighted by molar-refractivity contribution is -0.133. The standard InChI is InChI=1S/C8H16N2O2/c1-7-6-10(3-2-4-11)8(12)5-9-7/h7,9,11H,2-6H2,1H3/t7-/m0/s1. The molecular weight excluding hydrogens is 156 g/mol. The first-order chi connectivity index (χ1) is 5.74. The quantitative estimate of drug-likeness (QED) is 0.585. The first kappa shape index (κ1) is 9.48. The van der Waals surface area contributed by atoms with Gasteiger partial charge in [0.15, 0.2) is 0 Å². The van der Waals surface area contributed by atoms with Gasteiger partial charge in [0.1, 0.15) is 0 Å². The van der Waals surface area contributed by atoms with Crippen LogP contribution in [0.3, 0.4) is 0 Å². The maximum absolute atomic E-state index is 11.2. The Morgan fingerprint density at radius 1 is 1.75 bits per heavy atom. The number of nitrogens with zero attached hydrogens (tertiary/aromatic N) is 1. The Morgan fingerprint density at radius 3 is 3.17 bits per heavy atom. The summed E-state index contributed by atoms with van der Waals surface area (Å²) in [5, 5.41) is 11.7. The minimum Gasteiger partial charge on any atom is -0.396 e. The van der Waals surface area contributed by atoms with Crippen LogP contribution in [0.2, 0.25) is 0 Å². The Labute approximate surface area is 72.6 Å². The molecule has 1 atom stereocenters. The first-order valence-corrected chi connectivity index (χ1v) is 4.36. The lowest BCUT2D eigenvalue weighted by Gasteiger charge is -2.31. The van der Waals surface area contributed by atoms with Crippen LogP contribution in [-0.4, -0.2) is 48.2 Å². The highest BCUT2D eigenvalue weighted by Crippen LogP contribution is 2.00. The predicted octanol–water partition coefficient (Wildman–Crippen LogP) is -0.811. The number of hydrogen-bond acceptors (Lipinski definition) is 3. The summed E-state index contributed by atoms with van der Waals surface area (Å²) in [6.45, 7) is 4.09. The number of carbonyl (C=O) groups excluding carboxylic acids is 1. The molecule has 2 N–H and O–H groups in total. The molecule has 0 aromatic rings. The van der Waals surface area contributed by atoms with Crippen molar-refractivity contribution in [2.75, 3.05) is 26.2 Å². The lowest BCUT2D eigenvalue weighted by Crippen LogP contribution is -2.53. The third-order valence-electron chi connectivity index (χ3n) is 2.03. The summed E-state index contributed by atoms with van der Waals surface area (Å²) < 4.78 is 0. The molecule has 0 aliphatic carbocycles. The Balaban J connectivity index is 2.33. The van der Waals surface area contributed by atoms with E-state index in [1.54, 1.807) is 4.90 Å². The fourth-order valence-corrected chi connectivity index (χ4v) is 1.35. The second kappa shape index (κ2) is 4.42. The Bertz CT molecular complexity index is 161. The molecule has 0 aromatic carbocycles. The molecule has 0 bridgehead atoms. The average molecular weight is 172 g/mol. The number of piperazine rings is 1. The van der Waals surface area contributed by atoms with Gasteiger partial charge >= 0.3 is 0 Å². The van der Waals surface area contributed by atoms with Gasteiger partial charge in [-0.2, -0.15) is 0 Å². The van der Waals surface area contributed by atoms with Crippen LogP contribution in [0.5, 0.6) is 0 Å². The van der Waals surface area contributed by atoms with Gasteiger partial charge in [-0.1, -0.05) is 0 Å². The van der Waals surface area contributed by atoms with E-state index in [1.807, 2.05) is 0 Å². The van der Waals surface area contributed by atoms with Crippen molar-refractivity contribution in [1.82, 2.24) is 10.2 Å². The molecule has 1 heterocycles. The Kier molecular flexibility index (Phi) is 3.49. The number of rotatable bonds is 3. The fraction of sp³-hybridized carbons (Fsp3) is 0.875. The van der Waals surface area contributed by atoms with Crippen LogP contribution in [0, 0.1) is 0 Å². The van der Waals surface area contributed by atoms with Crippen molar-refractivity contribution < 1.29 is 9.90 Å². The molecule has 4 nitrogen and oxygen atoms in total. The highest BCUT2D eigenvalue weighted by atomic mass is 16.3. The molecule has 0 unspecified atom stereocenters. The van der Waals surface area contributed by atoms with Gasteiger partial charge in [-0.05, 0) is 13.3 Å². The van der Waals surface area contributed by atoms with Crippen LogP contribution in [-0.2, 0) is 4.79 Å². The van der Waals surface area contributed by atoms with Crippen LogP contribution < -0.4 is 5.32 Å². The maximum Gasteiger partial charge on any atom is 0.236 e. The second-order valence-corrected chi connectivity index (χ2v) is 3.20. The number of amides is 1. The zero-order valence-electron chi connectivity index (χ0n) is 7.42. The van der Waals surface area contributed by atoms with E-state index in [-0.39, 0.29) is 12.5 Å². The molecule has 4 heteroatoms. The summed E-state index contributed by atoms with van der Waals surface area (Å²) in [6, 6.07) is 0.376. The Morgan fingerprint density at radius 2 is 2.50 bits per heavy atom. The molecule has 0 aromatic heterocycles. The topological polar surface area (TPSA) is 52.6 Å². The summed E-state index contributed by atoms with van der Waals surface area (Å²) in [6.07, 6.45) is 0.679. The minimum absolute atomic E-state index is 0.140. The van der Waals surface area contributed by atoms with Gasteiger partial charge in [0.25, 0.3) is 0 Å². The molecule has 0 saturated carbocycles. The van der Waals surface area contributed by atoms with Gasteiger partial charge in [0.05, 0.1) is 6.54 Å². The first-order valence-electron chi connectivity index (χ1n) is 4.36. The molecule has 1 saturated heterocycles. The molecule has 1 aliphatic rings. The maximum atomic E-state index is 11.2. The number of aliphatic hydroxyl groups excluding tert-OH is 1. The third-order valence-corrected chi connectivity index (χ3v) is 2.03. The summed E-state index contributed by atoms with van der Waals surface area (Å²) >= 11 is 0. The zero-order valence-corrected chi connectivity index (χ0v) is 7.42. The molecule has 12 heavy (non-hydrogen) atoms. The van der Waals surface area contributed by atoms with Crippen LogP contribution in [0.25, 0.3) is 0 Å². The van der Waals surface area contributed by atoms with Crippen LogP contribution >= 0.6 is 0 Å². The van der Waals surface area contributed by atoms with Gasteiger partial charge in [0.2, 0.25) is 5.91 Å². The molecular formula is C8H16N2O2. The van der Waals surface area contributed by atoms with E-state index >= 15 is 0 Å². The zero-order chi connectivity index (χ0) is 8.97. The molecule has 1 aliphatic heterocycles. The second-order valence-electron chi connectivity index (χ2n) is 3.20. The van der Waals surface area contributed by atoms with Crippen molar-refractivity contribution in [2.24, 2.45) is 0 Å². The van der Waals surface area contributed by atoms with Crippen molar-refractivity contribution in [3.05, 3.63) is 0 Å². The summed E-state index contributed by atoms with van der Waals surface area (Å²) in [5.74, 6) is 0.140. The largest absolute Gasteiger partial charge is 0.396 e. The van der Waals surface area contributed by atoms with E-state index in [0.717, 1.165) is 6.54 Å². The molecule has 1 fully saturated rings. The average Bonchev–Trinajstić information content (AvgIpc) is 2.07. The van der Waals surface area contributed by atoms with Crippen molar-refractivity contribution in [2.45, 2.75) is 19.4 Å². The lowest BCUT2D eigenvalue weighted by atomic mass is 10.2. The van der Waals surface area contributed by atoms with Crippen molar-refractivity contribution in [3.8, 4) is 0 Å². The highest BCUT2D eigenvalue weighted by molar-refractivity contribution is 5.79. The van der Waals surface area contributed by atoms with Crippen LogP contribution in [0.1, 0.15) is 13.3 Å². The normalized spacial score (nSPS) is 24.7. The molecule has 0 spiro atoms. The molecule has 1 rings (SSSR count). The van der Waals surface area contributed by atoms with Gasteiger partial charge in [-0.15, -0.1) is 0 Å². The van der Waals surface area contributed by atoms with Gasteiger partial charge in [-0.3, -0.25) is 4.79 Å². The van der Waals surface area contributed by atoms with Gasteiger partial charge in [-0.25, -0.2) is 0 Å². The van der Waals surface area contributed by atoms with Crippen molar-refractivity contribution in [1.29, 1.82) is 0 Å². The number of nitrogens with one attached hydrogen (secondary N) is 1. The monoisotopic (exact) mass is 172 g/mol. The van der Waals surface area contributed by atoms with E-state index in [1.165, 1.54) is 0 Å². The van der Waals surface area contributed by atoms with E-state index in [2.05, 4.69) is 12.2 Å². The summed E-state index contributed by atoms with van der Waals surface area (Å²) in [5.41, 5.74) is 0. The van der Waals surface area contributed by atoms with Gasteiger partial charge < -0.3 is 15.3 Å². The summed E-state index contributed by atoms with van der Waals surface area (Å²) in [4.78, 5) is 13.0. The highest BCUT2D eigenvalue weighted by Gasteiger charge is 2.21. The van der Waals surface area contributed by atoms with Gasteiger partial charge in [0, 0.05) is 25.7 Å². The summed E-state index contributed by atoms with van der Waals surface area (Å²) in [7, 11) is 0. The predicted molar refractivity (Wildman–Crippen MR) is 45.7 cm³/mol. The SMILES string of the molecule is C[C@H]1CN(CCCO)C(=O)CN1. The number of carbonyl (C=O) groups is 1. The van der Waals surface area contributed by atoms with Crippen molar-refractivity contribution in [3.63, 3.8) is 0 Å². The van der Waals surface area contributed by atoms with E-state index in [4.69, 9.17) is 5.11 Å². The van der Waals surface area contributed by atoms with Crippen LogP contribution in [0.4, 0.5) is 0 Å². The van der Waals surface area contributed by atoms with Crippen LogP contribution in [0.15, 0.2) is 0 Å². The smallest absolute Gasteiger partial charge is 0.236 e. The van der Waals surface area contributed by atoms with Crippen molar-refractivity contribution >= 4 is 5.91 Å². The fourth-order valence-electron chi connectivity index (χ4n) is 1.35. The Hall–Kier alpha value is -0.610. The number of hydrogen-bond donors (Lipinski definition) is 2. The molecule has 1 amide bonds. The van der Waals surface area contributed by atoms with E-state index in [9.17, 15) is 4.79 Å². The third kappa shape index (κ3) is 2.46.